The Labute approximate surface area is 101 Å². The van der Waals surface area contributed by atoms with Crippen molar-refractivity contribution in [1.29, 1.82) is 0 Å². The molecule has 0 aliphatic heterocycles. The van der Waals surface area contributed by atoms with Crippen LogP contribution in [0.15, 0.2) is 65.9 Å². The van der Waals surface area contributed by atoms with Crippen LogP contribution in [-0.4, -0.2) is 6.54 Å². The van der Waals surface area contributed by atoms with Crippen molar-refractivity contribution in [2.45, 2.75) is 6.42 Å². The SMILES string of the molecule is O=NN(CCc1ccccc1)c1ccccc1. The Bertz CT molecular complexity index is 456. The Morgan fingerprint density at radius 1 is 0.882 bits per heavy atom. The fraction of sp³-hybridized carbons (Fsp3) is 0.143. The number of benzene rings is 2. The molecule has 0 N–H and O–H groups in total. The summed E-state index contributed by atoms with van der Waals surface area (Å²) in [5.41, 5.74) is 2.04. The molecule has 0 heterocycles. The third kappa shape index (κ3) is 3.14. The van der Waals surface area contributed by atoms with Crippen molar-refractivity contribution in [3.63, 3.8) is 0 Å². The number of nitroso groups, excluding NO2 is 1. The Kier molecular flexibility index (Phi) is 3.86. The summed E-state index contributed by atoms with van der Waals surface area (Å²) in [5.74, 6) is 0. The Hall–Kier alpha value is -2.16. The van der Waals surface area contributed by atoms with E-state index < -0.39 is 0 Å². The molecule has 0 aliphatic carbocycles. The molecule has 3 heteroatoms. The lowest BCUT2D eigenvalue weighted by molar-refractivity contribution is 0.820. The summed E-state index contributed by atoms with van der Waals surface area (Å²) in [7, 11) is 0. The maximum absolute atomic E-state index is 10.8. The zero-order valence-corrected chi connectivity index (χ0v) is 9.49. The largest absolute Gasteiger partial charge is 0.229 e. The zero-order valence-electron chi connectivity index (χ0n) is 9.49. The van der Waals surface area contributed by atoms with Gasteiger partial charge in [0.25, 0.3) is 0 Å². The van der Waals surface area contributed by atoms with E-state index in [1.807, 2.05) is 60.7 Å². The van der Waals surface area contributed by atoms with Crippen LogP contribution in [0.25, 0.3) is 0 Å². The van der Waals surface area contributed by atoms with Crippen molar-refractivity contribution in [2.24, 2.45) is 5.29 Å². The highest BCUT2D eigenvalue weighted by atomic mass is 16.3. The Morgan fingerprint density at radius 2 is 1.47 bits per heavy atom. The standard InChI is InChI=1S/C14H14N2O/c17-15-16(14-9-5-2-6-10-14)12-11-13-7-3-1-4-8-13/h1-10H,11-12H2. The van der Waals surface area contributed by atoms with Crippen LogP contribution in [0.1, 0.15) is 5.56 Å². The van der Waals surface area contributed by atoms with E-state index in [4.69, 9.17) is 0 Å². The number of hydrogen-bond acceptors (Lipinski definition) is 2. The molecule has 0 aromatic heterocycles. The van der Waals surface area contributed by atoms with Gasteiger partial charge in [-0.1, -0.05) is 48.5 Å². The predicted octanol–water partition coefficient (Wildman–Crippen LogP) is 3.42. The highest BCUT2D eigenvalue weighted by Crippen LogP contribution is 2.14. The van der Waals surface area contributed by atoms with Gasteiger partial charge in [-0.2, -0.15) is 0 Å². The molecule has 0 saturated carbocycles. The summed E-state index contributed by atoms with van der Waals surface area (Å²) in [4.78, 5) is 10.8. The van der Waals surface area contributed by atoms with E-state index in [0.29, 0.717) is 6.54 Å². The van der Waals surface area contributed by atoms with Gasteiger partial charge >= 0.3 is 0 Å². The molecular formula is C14H14N2O. The normalized spacial score (nSPS) is 9.88. The summed E-state index contributed by atoms with van der Waals surface area (Å²) in [5, 5.41) is 4.54. The molecule has 3 nitrogen and oxygen atoms in total. The van der Waals surface area contributed by atoms with E-state index >= 15 is 0 Å². The van der Waals surface area contributed by atoms with Crippen molar-refractivity contribution < 1.29 is 0 Å². The van der Waals surface area contributed by atoms with Crippen LogP contribution in [0.4, 0.5) is 5.69 Å². The first kappa shape index (κ1) is 11.3. The van der Waals surface area contributed by atoms with Crippen LogP contribution in [-0.2, 0) is 6.42 Å². The predicted molar refractivity (Wildman–Crippen MR) is 69.7 cm³/mol. The molecule has 0 fully saturated rings. The molecule has 0 amide bonds. The van der Waals surface area contributed by atoms with E-state index in [1.54, 1.807) is 0 Å². The molecule has 0 unspecified atom stereocenters. The molecule has 2 aromatic carbocycles. The number of nitrogens with zero attached hydrogens (tertiary/aromatic N) is 2. The van der Waals surface area contributed by atoms with Crippen LogP contribution >= 0.6 is 0 Å². The number of para-hydroxylation sites is 1. The van der Waals surface area contributed by atoms with Crippen LogP contribution in [0.2, 0.25) is 0 Å². The average Bonchev–Trinajstić information content (AvgIpc) is 2.42. The second kappa shape index (κ2) is 5.80. The van der Waals surface area contributed by atoms with Gasteiger partial charge in [0.15, 0.2) is 0 Å². The molecule has 0 bridgehead atoms. The quantitative estimate of drug-likeness (QED) is 0.578. The maximum atomic E-state index is 10.8. The molecule has 86 valence electrons. The highest BCUT2D eigenvalue weighted by molar-refractivity contribution is 5.44. The van der Waals surface area contributed by atoms with Crippen molar-refractivity contribution in [3.8, 4) is 0 Å². The Balaban J connectivity index is 2.00. The Morgan fingerprint density at radius 3 is 2.06 bits per heavy atom. The van der Waals surface area contributed by atoms with E-state index in [2.05, 4.69) is 5.29 Å². The van der Waals surface area contributed by atoms with Gasteiger partial charge in [0.1, 0.15) is 0 Å². The van der Waals surface area contributed by atoms with Gasteiger partial charge in [-0.25, -0.2) is 5.01 Å². The minimum absolute atomic E-state index is 0.595. The molecule has 0 radical (unpaired) electrons. The second-order valence-electron chi connectivity index (χ2n) is 3.78. The summed E-state index contributed by atoms with van der Waals surface area (Å²) in [6.45, 7) is 0.595. The molecule has 0 aliphatic rings. The lowest BCUT2D eigenvalue weighted by Gasteiger charge is -2.14. The van der Waals surface area contributed by atoms with Crippen LogP contribution in [0.5, 0.6) is 0 Å². The molecule has 2 aromatic rings. The van der Waals surface area contributed by atoms with Crippen molar-refractivity contribution in [1.82, 2.24) is 0 Å². The van der Waals surface area contributed by atoms with Gasteiger partial charge < -0.3 is 0 Å². The molecule has 0 atom stereocenters. The summed E-state index contributed by atoms with van der Waals surface area (Å²) in [6, 6.07) is 19.6. The van der Waals surface area contributed by atoms with Crippen molar-refractivity contribution >= 4 is 5.69 Å². The van der Waals surface area contributed by atoms with Gasteiger partial charge in [0.05, 0.1) is 11.0 Å². The van der Waals surface area contributed by atoms with Gasteiger partial charge in [0.2, 0.25) is 0 Å². The lowest BCUT2D eigenvalue weighted by Crippen LogP contribution is -2.18. The smallest absolute Gasteiger partial charge is 0.0626 e. The van der Waals surface area contributed by atoms with Gasteiger partial charge in [-0.3, -0.25) is 0 Å². The first-order valence-electron chi connectivity index (χ1n) is 5.60. The molecular weight excluding hydrogens is 212 g/mol. The van der Waals surface area contributed by atoms with Crippen molar-refractivity contribution in [2.75, 3.05) is 11.6 Å². The molecule has 17 heavy (non-hydrogen) atoms. The summed E-state index contributed by atoms with van der Waals surface area (Å²) < 4.78 is 0. The van der Waals surface area contributed by atoms with E-state index in [9.17, 15) is 4.91 Å². The fourth-order valence-corrected chi connectivity index (χ4v) is 1.70. The molecule has 0 saturated heterocycles. The average molecular weight is 226 g/mol. The minimum Gasteiger partial charge on any atom is -0.229 e. The van der Waals surface area contributed by atoms with Crippen LogP contribution in [0, 0.1) is 4.91 Å². The van der Waals surface area contributed by atoms with Gasteiger partial charge in [-0.05, 0) is 24.1 Å². The second-order valence-corrected chi connectivity index (χ2v) is 3.78. The number of rotatable bonds is 5. The van der Waals surface area contributed by atoms with Crippen LogP contribution in [0.3, 0.4) is 0 Å². The van der Waals surface area contributed by atoms with E-state index in [-0.39, 0.29) is 0 Å². The molecule has 0 spiro atoms. The fourth-order valence-electron chi connectivity index (χ4n) is 1.70. The number of hydrogen-bond donors (Lipinski definition) is 0. The lowest BCUT2D eigenvalue weighted by atomic mass is 10.1. The monoisotopic (exact) mass is 226 g/mol. The molecule has 2 rings (SSSR count). The van der Waals surface area contributed by atoms with Crippen LogP contribution < -0.4 is 5.01 Å². The third-order valence-corrected chi connectivity index (χ3v) is 2.61. The van der Waals surface area contributed by atoms with Crippen molar-refractivity contribution in [3.05, 3.63) is 71.1 Å². The maximum Gasteiger partial charge on any atom is 0.0626 e. The zero-order chi connectivity index (χ0) is 11.9. The minimum atomic E-state index is 0.595. The third-order valence-electron chi connectivity index (χ3n) is 2.61. The first-order chi connectivity index (χ1) is 8.40. The highest BCUT2D eigenvalue weighted by Gasteiger charge is 2.05. The van der Waals surface area contributed by atoms with E-state index in [1.165, 1.54) is 10.6 Å². The van der Waals surface area contributed by atoms with E-state index in [0.717, 1.165) is 12.1 Å². The van der Waals surface area contributed by atoms with Gasteiger partial charge in [0, 0.05) is 6.54 Å². The topological polar surface area (TPSA) is 32.7 Å². The summed E-state index contributed by atoms with van der Waals surface area (Å²) >= 11 is 0. The summed E-state index contributed by atoms with van der Waals surface area (Å²) in [6.07, 6.45) is 0.807. The first-order valence-corrected chi connectivity index (χ1v) is 5.60. The van der Waals surface area contributed by atoms with Gasteiger partial charge in [-0.15, -0.1) is 4.91 Å². The number of anilines is 1.